The van der Waals surface area contributed by atoms with Gasteiger partial charge in [-0.1, -0.05) is 37.7 Å². The second kappa shape index (κ2) is 9.97. The summed E-state index contributed by atoms with van der Waals surface area (Å²) < 4.78 is 41.8. The van der Waals surface area contributed by atoms with Gasteiger partial charge < -0.3 is 4.90 Å². The molecule has 1 aromatic carbocycles. The normalized spacial score (nSPS) is 12.9. The number of carbonyl (C=O) groups is 1. The van der Waals surface area contributed by atoms with Crippen molar-refractivity contribution in [2.24, 2.45) is 0 Å². The Morgan fingerprint density at radius 3 is 2.41 bits per heavy atom. The second-order valence-electron chi connectivity index (χ2n) is 7.19. The molecule has 0 aliphatic rings. The molecule has 0 saturated carbocycles. The van der Waals surface area contributed by atoms with Crippen LogP contribution in [-0.4, -0.2) is 64.0 Å². The van der Waals surface area contributed by atoms with E-state index in [9.17, 15) is 17.6 Å². The number of hydrogen-bond donors (Lipinski definition) is 0. The molecule has 3 aromatic rings. The SMILES string of the molecule is CCN(CC)S(=O)(=O)c1ccc2nnc(SCC(=O)N(C)C(C)c3ccc(F)cc3)n2c1. The number of hydrogen-bond acceptors (Lipinski definition) is 6. The van der Waals surface area contributed by atoms with Crippen LogP contribution in [0.4, 0.5) is 4.39 Å². The Balaban J connectivity index is 1.76. The van der Waals surface area contributed by atoms with Gasteiger partial charge in [0, 0.05) is 26.3 Å². The van der Waals surface area contributed by atoms with Crippen molar-refractivity contribution < 1.29 is 17.6 Å². The summed E-state index contributed by atoms with van der Waals surface area (Å²) in [6.07, 6.45) is 1.49. The molecule has 0 N–H and O–H groups in total. The van der Waals surface area contributed by atoms with Crippen molar-refractivity contribution in [3.8, 4) is 0 Å². The van der Waals surface area contributed by atoms with Crippen LogP contribution in [0.25, 0.3) is 5.65 Å². The monoisotopic (exact) mass is 479 g/mol. The summed E-state index contributed by atoms with van der Waals surface area (Å²) in [5.41, 5.74) is 1.32. The van der Waals surface area contributed by atoms with Gasteiger partial charge in [0.25, 0.3) is 0 Å². The molecule has 0 saturated heterocycles. The zero-order chi connectivity index (χ0) is 23.5. The van der Waals surface area contributed by atoms with Crippen LogP contribution in [0.3, 0.4) is 0 Å². The minimum atomic E-state index is -3.63. The molecule has 1 atom stereocenters. The van der Waals surface area contributed by atoms with E-state index in [0.717, 1.165) is 5.56 Å². The average Bonchev–Trinajstić information content (AvgIpc) is 3.20. The molecule has 8 nitrogen and oxygen atoms in total. The molecule has 0 fully saturated rings. The Kier molecular flexibility index (Phi) is 7.52. The van der Waals surface area contributed by atoms with E-state index in [0.29, 0.717) is 23.9 Å². The summed E-state index contributed by atoms with van der Waals surface area (Å²) in [7, 11) is -1.94. The van der Waals surface area contributed by atoms with Crippen molar-refractivity contribution in [1.29, 1.82) is 0 Å². The lowest BCUT2D eigenvalue weighted by Gasteiger charge is -2.25. The molecule has 0 spiro atoms. The number of pyridine rings is 1. The molecule has 32 heavy (non-hydrogen) atoms. The molecule has 0 radical (unpaired) electrons. The number of sulfonamides is 1. The number of fused-ring (bicyclic) bond motifs is 1. The lowest BCUT2D eigenvalue weighted by molar-refractivity contribution is -0.128. The van der Waals surface area contributed by atoms with E-state index in [2.05, 4.69) is 10.2 Å². The molecular formula is C21H26FN5O3S2. The molecule has 172 valence electrons. The van der Waals surface area contributed by atoms with E-state index in [4.69, 9.17) is 0 Å². The fourth-order valence-corrected chi connectivity index (χ4v) is 5.52. The van der Waals surface area contributed by atoms with Crippen molar-refractivity contribution in [1.82, 2.24) is 23.8 Å². The van der Waals surface area contributed by atoms with Crippen molar-refractivity contribution in [3.05, 3.63) is 54.0 Å². The summed E-state index contributed by atoms with van der Waals surface area (Å²) in [5, 5.41) is 8.59. The molecule has 0 aliphatic carbocycles. The number of rotatable bonds is 9. The first-order valence-electron chi connectivity index (χ1n) is 10.2. The lowest BCUT2D eigenvalue weighted by atomic mass is 10.1. The molecule has 11 heteroatoms. The Labute approximate surface area is 191 Å². The van der Waals surface area contributed by atoms with Crippen molar-refractivity contribution in [2.75, 3.05) is 25.9 Å². The highest BCUT2D eigenvalue weighted by Crippen LogP contribution is 2.24. The predicted octanol–water partition coefficient (Wildman–Crippen LogP) is 3.21. The van der Waals surface area contributed by atoms with E-state index in [1.807, 2.05) is 6.92 Å². The Morgan fingerprint density at radius 2 is 1.78 bits per heavy atom. The van der Waals surface area contributed by atoms with Crippen LogP contribution < -0.4 is 0 Å². The third kappa shape index (κ3) is 4.94. The van der Waals surface area contributed by atoms with Gasteiger partial charge in [-0.15, -0.1) is 10.2 Å². The van der Waals surface area contributed by atoms with E-state index in [-0.39, 0.29) is 28.4 Å². The molecule has 1 unspecified atom stereocenters. The number of nitrogens with zero attached hydrogens (tertiary/aromatic N) is 5. The maximum atomic E-state index is 13.2. The zero-order valence-electron chi connectivity index (χ0n) is 18.4. The van der Waals surface area contributed by atoms with Crippen LogP contribution in [0.2, 0.25) is 0 Å². The average molecular weight is 480 g/mol. The van der Waals surface area contributed by atoms with Crippen LogP contribution >= 0.6 is 11.8 Å². The maximum absolute atomic E-state index is 13.2. The van der Waals surface area contributed by atoms with Gasteiger partial charge in [-0.25, -0.2) is 12.8 Å². The number of aromatic nitrogens is 3. The van der Waals surface area contributed by atoms with Gasteiger partial charge in [-0.05, 0) is 36.8 Å². The first-order valence-corrected chi connectivity index (χ1v) is 12.6. The topological polar surface area (TPSA) is 87.9 Å². The van der Waals surface area contributed by atoms with Gasteiger partial charge in [-0.3, -0.25) is 9.20 Å². The van der Waals surface area contributed by atoms with E-state index in [1.165, 1.54) is 40.5 Å². The first-order chi connectivity index (χ1) is 15.2. The Hall–Kier alpha value is -2.50. The number of carbonyl (C=O) groups excluding carboxylic acids is 1. The van der Waals surface area contributed by atoms with Gasteiger partial charge in [0.05, 0.1) is 16.7 Å². The van der Waals surface area contributed by atoms with E-state index in [1.54, 1.807) is 48.4 Å². The molecule has 1 amide bonds. The Morgan fingerprint density at radius 1 is 1.12 bits per heavy atom. The number of thioether (sulfide) groups is 1. The largest absolute Gasteiger partial charge is 0.338 e. The maximum Gasteiger partial charge on any atom is 0.244 e. The molecule has 2 heterocycles. The lowest BCUT2D eigenvalue weighted by Crippen LogP contribution is -2.31. The van der Waals surface area contributed by atoms with Crippen LogP contribution in [-0.2, 0) is 14.8 Å². The van der Waals surface area contributed by atoms with E-state index < -0.39 is 10.0 Å². The highest BCUT2D eigenvalue weighted by atomic mass is 32.2. The second-order valence-corrected chi connectivity index (χ2v) is 10.1. The van der Waals surface area contributed by atoms with Crippen LogP contribution in [0, 0.1) is 5.82 Å². The van der Waals surface area contributed by atoms with Gasteiger partial charge in [-0.2, -0.15) is 4.31 Å². The third-order valence-electron chi connectivity index (χ3n) is 5.34. The standard InChI is InChI=1S/C21H26FN5O3S2/c1-5-26(6-2)32(29,30)18-11-12-19-23-24-21(27(19)13-18)31-14-20(28)25(4)15(3)16-7-9-17(22)10-8-16/h7-13,15H,5-6,14H2,1-4H3. The van der Waals surface area contributed by atoms with Crippen molar-refractivity contribution >= 4 is 33.3 Å². The Bertz CT molecular complexity index is 1190. The van der Waals surface area contributed by atoms with Crippen LogP contribution in [0.15, 0.2) is 52.6 Å². The predicted molar refractivity (Wildman–Crippen MR) is 121 cm³/mol. The summed E-state index contributed by atoms with van der Waals surface area (Å²) in [6.45, 7) is 6.18. The van der Waals surface area contributed by atoms with Crippen LogP contribution in [0.1, 0.15) is 32.4 Å². The molecule has 3 rings (SSSR count). The van der Waals surface area contributed by atoms with Gasteiger partial charge in [0.1, 0.15) is 5.82 Å². The number of benzene rings is 1. The zero-order valence-corrected chi connectivity index (χ0v) is 20.0. The fraction of sp³-hybridized carbons (Fsp3) is 0.381. The summed E-state index contributed by atoms with van der Waals surface area (Å²) in [4.78, 5) is 14.4. The van der Waals surface area contributed by atoms with Gasteiger partial charge in [0.2, 0.25) is 15.9 Å². The number of amides is 1. The third-order valence-corrected chi connectivity index (χ3v) is 8.30. The first kappa shape index (κ1) is 24.1. The minimum absolute atomic E-state index is 0.0931. The summed E-state index contributed by atoms with van der Waals surface area (Å²) in [5.74, 6) is -0.377. The number of halogens is 1. The molecule has 2 aromatic heterocycles. The molecular weight excluding hydrogens is 453 g/mol. The van der Waals surface area contributed by atoms with Gasteiger partial charge >= 0.3 is 0 Å². The van der Waals surface area contributed by atoms with Gasteiger partial charge in [0.15, 0.2) is 10.8 Å². The smallest absolute Gasteiger partial charge is 0.244 e. The quantitative estimate of drug-likeness (QED) is 0.438. The van der Waals surface area contributed by atoms with Crippen LogP contribution in [0.5, 0.6) is 0 Å². The minimum Gasteiger partial charge on any atom is -0.338 e. The summed E-state index contributed by atoms with van der Waals surface area (Å²) >= 11 is 1.18. The van der Waals surface area contributed by atoms with E-state index >= 15 is 0 Å². The fourth-order valence-electron chi connectivity index (χ4n) is 3.22. The highest BCUT2D eigenvalue weighted by molar-refractivity contribution is 7.99. The summed E-state index contributed by atoms with van der Waals surface area (Å²) in [6, 6.07) is 8.91. The highest BCUT2D eigenvalue weighted by Gasteiger charge is 2.23. The van der Waals surface area contributed by atoms with Crippen molar-refractivity contribution in [3.63, 3.8) is 0 Å². The molecule has 0 aliphatic heterocycles. The molecule has 0 bridgehead atoms. The van der Waals surface area contributed by atoms with Crippen molar-refractivity contribution in [2.45, 2.75) is 36.9 Å².